The van der Waals surface area contributed by atoms with Crippen molar-refractivity contribution in [3.63, 3.8) is 0 Å². The zero-order chi connectivity index (χ0) is 36.5. The van der Waals surface area contributed by atoms with Crippen molar-refractivity contribution in [2.75, 3.05) is 13.2 Å². The lowest BCUT2D eigenvalue weighted by atomic mass is 9.94. The molecule has 21 heteroatoms. The first-order valence-electron chi connectivity index (χ1n) is 15.8. The van der Waals surface area contributed by atoms with Gasteiger partial charge < -0.3 is 94.9 Å². The molecule has 0 radical (unpaired) electrons. The standard InChI is InChI=1S/C28H48N2O19/c1-7-15(35)18(38)20(40)27(43-7)49-24-14(30-10(4)34)26(46-12(6-32)17(24)37)47-22-8(2)44-28(21(41)19(22)39)48-23-13(29-9(3)33)25(42)45-11(5-31)16(23)36/h7-8,11-28,31-32,35-42H,5-6H2,1-4H3,(H,29,33)(H,30,34)/t7?,8-,11-,12?,13?,14?,15+,16+,17+,18-,19?,20?,21?,22+,23?,24+,25+,26-,27-,28-/m0/s1. The summed E-state index contributed by atoms with van der Waals surface area (Å²) in [5.74, 6) is -1.31. The van der Waals surface area contributed by atoms with Gasteiger partial charge in [-0.1, -0.05) is 0 Å². The fourth-order valence-corrected chi connectivity index (χ4v) is 6.27. The molecule has 0 aromatic rings. The van der Waals surface area contributed by atoms with E-state index >= 15 is 0 Å². The summed E-state index contributed by atoms with van der Waals surface area (Å²) in [5.41, 5.74) is 0. The summed E-state index contributed by atoms with van der Waals surface area (Å²) in [5, 5.41) is 110. The fourth-order valence-electron chi connectivity index (χ4n) is 6.27. The lowest BCUT2D eigenvalue weighted by Gasteiger charge is -2.50. The Hall–Kier alpha value is -1.74. The third-order valence-corrected chi connectivity index (χ3v) is 8.93. The van der Waals surface area contributed by atoms with Crippen LogP contribution in [0, 0.1) is 0 Å². The van der Waals surface area contributed by atoms with Crippen LogP contribution < -0.4 is 10.6 Å². The van der Waals surface area contributed by atoms with Gasteiger partial charge >= 0.3 is 0 Å². The third-order valence-electron chi connectivity index (χ3n) is 8.93. The highest BCUT2D eigenvalue weighted by atomic mass is 16.8. The number of amides is 2. The van der Waals surface area contributed by atoms with Gasteiger partial charge in [0.1, 0.15) is 85.3 Å². The molecule has 4 aliphatic heterocycles. The molecule has 0 spiro atoms. The largest absolute Gasteiger partial charge is 0.394 e. The van der Waals surface area contributed by atoms with Crippen LogP contribution in [0.5, 0.6) is 0 Å². The van der Waals surface area contributed by atoms with E-state index in [1.54, 1.807) is 0 Å². The highest BCUT2D eigenvalue weighted by Gasteiger charge is 2.55. The quantitative estimate of drug-likeness (QED) is 0.0999. The van der Waals surface area contributed by atoms with E-state index in [0.29, 0.717) is 0 Å². The van der Waals surface area contributed by atoms with Crippen molar-refractivity contribution in [3.8, 4) is 0 Å². The normalized spacial score (nSPS) is 49.3. The second kappa shape index (κ2) is 16.7. The molecule has 284 valence electrons. The molecule has 0 aliphatic carbocycles. The van der Waals surface area contributed by atoms with Crippen molar-refractivity contribution in [2.45, 2.75) is 150 Å². The third kappa shape index (κ3) is 8.67. The van der Waals surface area contributed by atoms with Gasteiger partial charge in [0.15, 0.2) is 25.2 Å². The molecule has 2 amide bonds. The second-order valence-corrected chi connectivity index (χ2v) is 12.6. The lowest BCUT2D eigenvalue weighted by molar-refractivity contribution is -0.370. The Morgan fingerprint density at radius 2 is 0.980 bits per heavy atom. The summed E-state index contributed by atoms with van der Waals surface area (Å²) in [6.45, 7) is 3.50. The Labute approximate surface area is 280 Å². The highest BCUT2D eigenvalue weighted by Crippen LogP contribution is 2.34. The minimum Gasteiger partial charge on any atom is -0.394 e. The molecule has 12 N–H and O–H groups in total. The van der Waals surface area contributed by atoms with Crippen LogP contribution in [-0.4, -0.2) is 199 Å². The van der Waals surface area contributed by atoms with E-state index in [9.17, 15) is 60.7 Å². The number of aliphatic hydroxyl groups is 10. The first-order chi connectivity index (χ1) is 23.0. The van der Waals surface area contributed by atoms with Crippen LogP contribution in [0.15, 0.2) is 0 Å². The lowest BCUT2D eigenvalue weighted by Crippen LogP contribution is -2.70. The van der Waals surface area contributed by atoms with Crippen molar-refractivity contribution < 1.29 is 93.8 Å². The van der Waals surface area contributed by atoms with Crippen LogP contribution in [0.25, 0.3) is 0 Å². The van der Waals surface area contributed by atoms with E-state index in [4.69, 9.17) is 33.2 Å². The molecule has 4 saturated heterocycles. The summed E-state index contributed by atoms with van der Waals surface area (Å²) < 4.78 is 39.7. The van der Waals surface area contributed by atoms with Gasteiger partial charge in [-0.2, -0.15) is 0 Å². The van der Waals surface area contributed by atoms with Crippen molar-refractivity contribution in [1.29, 1.82) is 0 Å². The average Bonchev–Trinajstić information content (AvgIpc) is 3.04. The van der Waals surface area contributed by atoms with Crippen molar-refractivity contribution >= 4 is 11.8 Å². The number of rotatable bonds is 10. The first-order valence-corrected chi connectivity index (χ1v) is 15.8. The molecule has 8 unspecified atom stereocenters. The summed E-state index contributed by atoms with van der Waals surface area (Å²) in [6.07, 6.45) is -28.3. The molecule has 0 aromatic carbocycles. The Morgan fingerprint density at radius 1 is 0.531 bits per heavy atom. The van der Waals surface area contributed by atoms with E-state index < -0.39 is 148 Å². The maximum atomic E-state index is 12.3. The Bertz CT molecular complexity index is 1110. The summed E-state index contributed by atoms with van der Waals surface area (Å²) in [4.78, 5) is 24.1. The average molecular weight is 717 g/mol. The van der Waals surface area contributed by atoms with E-state index in [1.165, 1.54) is 13.8 Å². The van der Waals surface area contributed by atoms with Crippen LogP contribution in [0.2, 0.25) is 0 Å². The van der Waals surface area contributed by atoms with Crippen LogP contribution >= 0.6 is 0 Å². The van der Waals surface area contributed by atoms with Crippen LogP contribution in [0.3, 0.4) is 0 Å². The van der Waals surface area contributed by atoms with Gasteiger partial charge in [0.05, 0.1) is 25.4 Å². The van der Waals surface area contributed by atoms with Gasteiger partial charge in [0.25, 0.3) is 0 Å². The van der Waals surface area contributed by atoms with Gasteiger partial charge in [-0.05, 0) is 13.8 Å². The van der Waals surface area contributed by atoms with E-state index in [0.717, 1.165) is 13.8 Å². The molecule has 21 nitrogen and oxygen atoms in total. The van der Waals surface area contributed by atoms with Gasteiger partial charge in [0.2, 0.25) is 11.8 Å². The minimum absolute atomic E-state index is 0.634. The van der Waals surface area contributed by atoms with Gasteiger partial charge in [-0.15, -0.1) is 0 Å². The number of carbonyl (C=O) groups is 2. The summed E-state index contributed by atoms with van der Waals surface area (Å²) in [7, 11) is 0. The number of hydrogen-bond acceptors (Lipinski definition) is 19. The molecule has 4 heterocycles. The molecular formula is C28H48N2O19. The molecule has 0 bridgehead atoms. The maximum absolute atomic E-state index is 12.3. The number of hydrogen-bond donors (Lipinski definition) is 12. The summed E-state index contributed by atoms with van der Waals surface area (Å²) >= 11 is 0. The number of aliphatic hydroxyl groups excluding tert-OH is 10. The first kappa shape index (κ1) is 40.0. The minimum atomic E-state index is -1.92. The predicted octanol–water partition coefficient (Wildman–Crippen LogP) is -7.41. The van der Waals surface area contributed by atoms with Gasteiger partial charge in [-0.3, -0.25) is 9.59 Å². The van der Waals surface area contributed by atoms with E-state index in [2.05, 4.69) is 10.6 Å². The zero-order valence-corrected chi connectivity index (χ0v) is 27.1. The molecule has 0 saturated carbocycles. The SMILES string of the molecule is CC(=O)NC1C(O[C@@H]2O[C@@H](C)[C@@H](O[C@@H]3OC(CO)[C@@H](O)[C@H](O[C@@H]4OC(C)[C@@H](O)[C@H](O)C4O)C3NC(C)=O)C(O)C2O)[C@H](O)[C@H](CO)O[C@H]1O. The molecule has 20 atom stereocenters. The fraction of sp³-hybridized carbons (Fsp3) is 0.929. The van der Waals surface area contributed by atoms with Gasteiger partial charge in [0, 0.05) is 13.8 Å². The van der Waals surface area contributed by atoms with E-state index in [1.807, 2.05) is 0 Å². The molecule has 4 fully saturated rings. The molecule has 49 heavy (non-hydrogen) atoms. The number of nitrogens with one attached hydrogen (secondary N) is 2. The van der Waals surface area contributed by atoms with Gasteiger partial charge in [-0.25, -0.2) is 0 Å². The molecule has 4 rings (SSSR count). The highest BCUT2D eigenvalue weighted by molar-refractivity contribution is 5.73. The van der Waals surface area contributed by atoms with E-state index in [-0.39, 0.29) is 0 Å². The van der Waals surface area contributed by atoms with Crippen molar-refractivity contribution in [1.82, 2.24) is 10.6 Å². The van der Waals surface area contributed by atoms with Crippen LogP contribution in [0.4, 0.5) is 0 Å². The Morgan fingerprint density at radius 3 is 1.51 bits per heavy atom. The smallest absolute Gasteiger partial charge is 0.217 e. The zero-order valence-electron chi connectivity index (χ0n) is 27.1. The van der Waals surface area contributed by atoms with Crippen molar-refractivity contribution in [2.24, 2.45) is 0 Å². The van der Waals surface area contributed by atoms with Crippen molar-refractivity contribution in [3.05, 3.63) is 0 Å². The topological polar surface area (TPSA) is 325 Å². The number of carbonyl (C=O) groups excluding carboxylic acids is 2. The molecular weight excluding hydrogens is 668 g/mol. The summed E-state index contributed by atoms with van der Waals surface area (Å²) in [6, 6.07) is -2.83. The van der Waals surface area contributed by atoms with Crippen LogP contribution in [0.1, 0.15) is 27.7 Å². The van der Waals surface area contributed by atoms with Crippen LogP contribution in [-0.2, 0) is 42.7 Å². The molecule has 4 aliphatic rings. The number of ether oxygens (including phenoxy) is 7. The predicted molar refractivity (Wildman–Crippen MR) is 154 cm³/mol. The molecule has 0 aromatic heterocycles. The Balaban J connectivity index is 1.54. The monoisotopic (exact) mass is 716 g/mol. The second-order valence-electron chi connectivity index (χ2n) is 12.6. The maximum Gasteiger partial charge on any atom is 0.217 e. The Kier molecular flexibility index (Phi) is 13.7.